The highest BCUT2D eigenvalue weighted by Crippen LogP contribution is 2.31. The SMILES string of the molecule is CC(O)C(=O)NN(CC(CN(NC(=O)C(C)O)C(=O)c1c(I)cc(I)c(C(=O)NC(O)CC(O)CO)c1I)C(O)O)C(=O)c1c(I)cc(I)c(C(=O)NC(O)CC(O)CO)c1I. The third-order valence-corrected chi connectivity index (χ3v) is 13.8. The van der Waals surface area contributed by atoms with Crippen molar-refractivity contribution in [3.8, 4) is 0 Å². The molecule has 0 radical (unpaired) electrons. The standard InChI is InChI=1S/C34H42I6N6O16/c1-11(49)28(55)43-45(32(59)24-18(37)5-16(35)22(26(24)39)30(57)41-20(53)3-14(51)9-47)7-13(34(61)62)8-46(44-29(56)12(2)50)33(60)25-19(38)6-17(36)23(27(25)40)31(58)42-21(54)4-15(52)10-48/h5-6,11-15,20-21,34,47-54,61-62H,3-4,7-10H2,1-2H3,(H,41,57)(H,42,58)(H,43,55)(H,44,56). The Balaban J connectivity index is 2.71. The van der Waals surface area contributed by atoms with Crippen LogP contribution in [0.5, 0.6) is 0 Å². The first-order valence-electron chi connectivity index (χ1n) is 17.6. The first-order valence-corrected chi connectivity index (χ1v) is 24.1. The van der Waals surface area contributed by atoms with Crippen molar-refractivity contribution < 1.29 is 79.8 Å². The van der Waals surface area contributed by atoms with Crippen molar-refractivity contribution in [1.82, 2.24) is 31.5 Å². The molecule has 2 rings (SSSR count). The van der Waals surface area contributed by atoms with Crippen molar-refractivity contribution in [2.45, 2.75) is 69.9 Å². The fourth-order valence-electron chi connectivity index (χ4n) is 5.01. The zero-order valence-corrected chi connectivity index (χ0v) is 45.0. The molecule has 0 fully saturated rings. The van der Waals surface area contributed by atoms with Gasteiger partial charge in [0.25, 0.3) is 35.4 Å². The number of nitrogens with zero attached hydrogens (tertiary/aromatic N) is 2. The molecule has 0 bridgehead atoms. The normalized spacial score (nSPS) is 14.8. The van der Waals surface area contributed by atoms with E-state index < -0.39 is 124 Å². The monoisotopic (exact) mass is 1550 g/mol. The minimum atomic E-state index is -2.42. The number of aliphatic hydroxyl groups excluding tert-OH is 9. The molecule has 0 saturated carbocycles. The number of carbonyl (C=O) groups excluding carboxylic acids is 6. The Morgan fingerprint density at radius 2 is 0.855 bits per heavy atom. The lowest BCUT2D eigenvalue weighted by molar-refractivity contribution is -0.137. The molecule has 0 spiro atoms. The summed E-state index contributed by atoms with van der Waals surface area (Å²) in [7, 11) is 0. The van der Waals surface area contributed by atoms with Crippen molar-refractivity contribution in [2.75, 3.05) is 26.3 Å². The zero-order valence-electron chi connectivity index (χ0n) is 32.1. The molecule has 0 aliphatic rings. The average Bonchev–Trinajstić information content (AvgIpc) is 3.15. The van der Waals surface area contributed by atoms with Gasteiger partial charge in [0.1, 0.15) is 24.7 Å². The maximum Gasteiger partial charge on any atom is 0.274 e. The number of hydrogen-bond acceptors (Lipinski definition) is 16. The molecule has 0 aromatic heterocycles. The molecule has 6 unspecified atom stereocenters. The molecular weight excluding hydrogens is 1510 g/mol. The van der Waals surface area contributed by atoms with Crippen molar-refractivity contribution in [3.05, 3.63) is 55.8 Å². The van der Waals surface area contributed by atoms with Crippen LogP contribution in [0.15, 0.2) is 12.1 Å². The third kappa shape index (κ3) is 16.2. The molecule has 0 aliphatic heterocycles. The predicted octanol–water partition coefficient (Wildman–Crippen LogP) is -1.77. The fraction of sp³-hybridized carbons (Fsp3) is 0.471. The van der Waals surface area contributed by atoms with Crippen LogP contribution >= 0.6 is 136 Å². The van der Waals surface area contributed by atoms with Gasteiger partial charge in [-0.3, -0.25) is 39.6 Å². The molecule has 346 valence electrons. The number of benzene rings is 2. The maximum absolute atomic E-state index is 14.4. The Morgan fingerprint density at radius 3 is 1.13 bits per heavy atom. The minimum Gasteiger partial charge on any atom is -0.394 e. The Morgan fingerprint density at radius 1 is 0.548 bits per heavy atom. The number of nitrogens with one attached hydrogen (secondary N) is 4. The molecule has 6 amide bonds. The van der Waals surface area contributed by atoms with Crippen molar-refractivity contribution in [3.63, 3.8) is 0 Å². The van der Waals surface area contributed by atoms with E-state index in [4.69, 9.17) is 10.2 Å². The van der Waals surface area contributed by atoms with Gasteiger partial charge in [-0.1, -0.05) is 0 Å². The number of hydrazine groups is 2. The molecule has 28 heteroatoms. The van der Waals surface area contributed by atoms with E-state index in [2.05, 4.69) is 21.5 Å². The van der Waals surface area contributed by atoms with Gasteiger partial charge in [-0.15, -0.1) is 0 Å². The summed E-state index contributed by atoms with van der Waals surface area (Å²) < 4.78 is 0.983. The summed E-state index contributed by atoms with van der Waals surface area (Å²) >= 11 is 10.5. The quantitative estimate of drug-likeness (QED) is 0.0421. The highest BCUT2D eigenvalue weighted by Gasteiger charge is 2.36. The van der Waals surface area contributed by atoms with Crippen LogP contribution in [-0.2, 0) is 9.59 Å². The Labute approximate surface area is 435 Å². The van der Waals surface area contributed by atoms with E-state index in [-0.39, 0.29) is 36.5 Å². The number of rotatable bonds is 19. The van der Waals surface area contributed by atoms with E-state index in [1.165, 1.54) is 12.1 Å². The van der Waals surface area contributed by atoms with Gasteiger partial charge in [-0.05, 0) is 162 Å². The zero-order chi connectivity index (χ0) is 47.5. The summed E-state index contributed by atoms with van der Waals surface area (Å²) in [5.41, 5.74) is 3.68. The van der Waals surface area contributed by atoms with Crippen LogP contribution < -0.4 is 21.5 Å². The van der Waals surface area contributed by atoms with Gasteiger partial charge < -0.3 is 61.7 Å². The summed E-state index contributed by atoms with van der Waals surface area (Å²) in [6.07, 6.45) is -12.7. The van der Waals surface area contributed by atoms with Gasteiger partial charge in [0.15, 0.2) is 6.29 Å². The Kier molecular flexibility index (Phi) is 24.6. The van der Waals surface area contributed by atoms with Crippen molar-refractivity contribution in [2.24, 2.45) is 5.92 Å². The van der Waals surface area contributed by atoms with E-state index in [0.29, 0.717) is 17.2 Å². The summed E-state index contributed by atoms with van der Waals surface area (Å²) in [5, 5.41) is 105. The van der Waals surface area contributed by atoms with E-state index in [1.807, 2.05) is 0 Å². The van der Waals surface area contributed by atoms with Gasteiger partial charge >= 0.3 is 0 Å². The van der Waals surface area contributed by atoms with E-state index in [9.17, 15) is 69.6 Å². The highest BCUT2D eigenvalue weighted by atomic mass is 127. The van der Waals surface area contributed by atoms with Crippen LogP contribution in [0.4, 0.5) is 0 Å². The van der Waals surface area contributed by atoms with E-state index in [1.54, 1.807) is 136 Å². The molecule has 62 heavy (non-hydrogen) atoms. The summed E-state index contributed by atoms with van der Waals surface area (Å²) in [6, 6.07) is 2.83. The smallest absolute Gasteiger partial charge is 0.274 e. The van der Waals surface area contributed by atoms with Gasteiger partial charge in [0, 0.05) is 40.2 Å². The Bertz CT molecular complexity index is 1850. The van der Waals surface area contributed by atoms with Gasteiger partial charge in [-0.25, -0.2) is 10.0 Å². The number of hydrogen-bond donors (Lipinski definition) is 14. The number of halogens is 6. The average molecular weight is 1550 g/mol. The lowest BCUT2D eigenvalue weighted by atomic mass is 10.1. The first-order chi connectivity index (χ1) is 28.8. The molecule has 2 aromatic carbocycles. The van der Waals surface area contributed by atoms with Crippen LogP contribution in [0.2, 0.25) is 0 Å². The second-order valence-corrected chi connectivity index (χ2v) is 20.0. The fourth-order valence-corrected chi connectivity index (χ4v) is 13.7. The summed E-state index contributed by atoms with van der Waals surface area (Å²) in [6.45, 7) is -0.993. The van der Waals surface area contributed by atoms with Crippen LogP contribution in [0.25, 0.3) is 0 Å². The van der Waals surface area contributed by atoms with Crippen LogP contribution in [0, 0.1) is 27.3 Å². The van der Waals surface area contributed by atoms with Gasteiger partial charge in [0.05, 0.1) is 60.8 Å². The molecule has 22 nitrogen and oxygen atoms in total. The van der Waals surface area contributed by atoms with Crippen molar-refractivity contribution in [1.29, 1.82) is 0 Å². The minimum absolute atomic E-state index is 0.0190. The molecule has 6 atom stereocenters. The molecule has 14 N–H and O–H groups in total. The summed E-state index contributed by atoms with van der Waals surface area (Å²) in [4.78, 5) is 81.3. The lowest BCUT2D eigenvalue weighted by Crippen LogP contribution is -2.57. The van der Waals surface area contributed by atoms with Crippen LogP contribution in [-0.4, -0.2) is 166 Å². The summed E-state index contributed by atoms with van der Waals surface area (Å²) in [5.74, 6) is -7.94. The number of aliphatic hydroxyl groups is 10. The van der Waals surface area contributed by atoms with Gasteiger partial charge in [0.2, 0.25) is 0 Å². The lowest BCUT2D eigenvalue weighted by Gasteiger charge is -2.33. The molecular formula is C34H42I6N6O16. The molecule has 0 heterocycles. The Hall–Kier alpha value is -0.760. The third-order valence-electron chi connectivity index (χ3n) is 8.22. The molecule has 0 aliphatic carbocycles. The molecule has 0 saturated heterocycles. The largest absolute Gasteiger partial charge is 0.394 e. The predicted molar refractivity (Wildman–Crippen MR) is 265 cm³/mol. The highest BCUT2D eigenvalue weighted by molar-refractivity contribution is 14.1. The van der Waals surface area contributed by atoms with E-state index in [0.717, 1.165) is 13.8 Å². The van der Waals surface area contributed by atoms with Gasteiger partial charge in [-0.2, -0.15) is 0 Å². The van der Waals surface area contributed by atoms with Crippen molar-refractivity contribution >= 4 is 171 Å². The maximum atomic E-state index is 14.4. The number of amides is 6. The van der Waals surface area contributed by atoms with Crippen LogP contribution in [0.1, 0.15) is 68.1 Å². The topological polar surface area (TPSA) is 359 Å². The first kappa shape index (κ1) is 57.4. The van der Waals surface area contributed by atoms with Crippen LogP contribution in [0.3, 0.4) is 0 Å². The second kappa shape index (κ2) is 26.5. The molecule has 2 aromatic rings. The van der Waals surface area contributed by atoms with E-state index >= 15 is 0 Å². The second-order valence-electron chi connectivity index (χ2n) is 13.2. The number of carbonyl (C=O) groups is 6.